The Morgan fingerprint density at radius 1 is 1.12 bits per heavy atom. The van der Waals surface area contributed by atoms with Gasteiger partial charge in [0, 0.05) is 5.92 Å². The molecule has 0 aromatic heterocycles. The first-order valence-electron chi connectivity index (χ1n) is 6.66. The minimum absolute atomic E-state index is 0.363. The van der Waals surface area contributed by atoms with Crippen molar-refractivity contribution in [2.75, 3.05) is 0 Å². The third kappa shape index (κ3) is 4.08. The molecule has 1 saturated carbocycles. The molecule has 0 amide bonds. The maximum Gasteiger partial charge on any atom is 0.114 e. The van der Waals surface area contributed by atoms with Crippen molar-refractivity contribution in [3.8, 4) is 12.0 Å². The zero-order chi connectivity index (χ0) is 12.1. The number of rotatable bonds is 2. The Hall–Kier alpha value is -0.640. The van der Waals surface area contributed by atoms with Gasteiger partial charge in [-0.25, -0.2) is 0 Å². The van der Waals surface area contributed by atoms with E-state index in [1.54, 1.807) is 0 Å². The van der Waals surface area contributed by atoms with Crippen molar-refractivity contribution in [1.82, 2.24) is 0 Å². The molecule has 0 N–H and O–H groups in total. The first-order valence-corrected chi connectivity index (χ1v) is 6.66. The van der Waals surface area contributed by atoms with Gasteiger partial charge >= 0.3 is 0 Å². The van der Waals surface area contributed by atoms with Crippen LogP contribution in [0.4, 0.5) is 0 Å². The third-order valence-electron chi connectivity index (χ3n) is 3.51. The lowest BCUT2D eigenvalue weighted by Crippen LogP contribution is -2.33. The summed E-state index contributed by atoms with van der Waals surface area (Å²) in [5.41, 5.74) is 0. The summed E-state index contributed by atoms with van der Waals surface area (Å²) in [6.45, 7) is 11.1. The van der Waals surface area contributed by atoms with E-state index >= 15 is 0 Å². The third-order valence-corrected chi connectivity index (χ3v) is 3.51. The molecule has 0 bridgehead atoms. The lowest BCUT2D eigenvalue weighted by Gasteiger charge is -2.35. The molecule has 1 aliphatic carbocycles. The molecule has 0 saturated heterocycles. The molecule has 1 fully saturated rings. The van der Waals surface area contributed by atoms with Crippen LogP contribution in [0.15, 0.2) is 0 Å². The largest absolute Gasteiger partial charge is 0.443 e. The van der Waals surface area contributed by atoms with Crippen molar-refractivity contribution in [1.29, 1.82) is 0 Å². The summed E-state index contributed by atoms with van der Waals surface area (Å²) < 4.78 is 5.75. The van der Waals surface area contributed by atoms with Crippen molar-refractivity contribution in [2.24, 2.45) is 23.7 Å². The van der Waals surface area contributed by atoms with E-state index in [0.29, 0.717) is 23.9 Å². The zero-order valence-electron chi connectivity index (χ0n) is 11.4. The van der Waals surface area contributed by atoms with Gasteiger partial charge in [-0.3, -0.25) is 0 Å². The normalized spacial score (nSPS) is 30.1. The lowest BCUT2D eigenvalue weighted by atomic mass is 9.75. The molecule has 0 heterocycles. The first-order chi connectivity index (χ1) is 7.50. The molecule has 1 nitrogen and oxygen atoms in total. The van der Waals surface area contributed by atoms with Crippen LogP contribution in [0.25, 0.3) is 0 Å². The van der Waals surface area contributed by atoms with Gasteiger partial charge in [0.15, 0.2) is 0 Å². The maximum atomic E-state index is 5.75. The molecular weight excluding hydrogens is 196 g/mol. The van der Waals surface area contributed by atoms with Crippen LogP contribution in [0.5, 0.6) is 0 Å². The van der Waals surface area contributed by atoms with Gasteiger partial charge in [0.2, 0.25) is 0 Å². The highest BCUT2D eigenvalue weighted by Gasteiger charge is 2.31. The highest BCUT2D eigenvalue weighted by molar-refractivity contribution is 4.96. The Morgan fingerprint density at radius 3 is 2.38 bits per heavy atom. The molecule has 0 aromatic carbocycles. The van der Waals surface area contributed by atoms with E-state index < -0.39 is 0 Å². The van der Waals surface area contributed by atoms with Gasteiger partial charge in [0.05, 0.1) is 0 Å². The fourth-order valence-corrected chi connectivity index (χ4v) is 2.47. The number of hydrogen-bond acceptors (Lipinski definition) is 1. The molecule has 0 aliphatic heterocycles. The van der Waals surface area contributed by atoms with Crippen LogP contribution in [0.2, 0.25) is 0 Å². The second-order valence-electron chi connectivity index (χ2n) is 5.88. The summed E-state index contributed by atoms with van der Waals surface area (Å²) >= 11 is 0. The van der Waals surface area contributed by atoms with Crippen LogP contribution < -0.4 is 0 Å². The molecule has 1 heteroatoms. The predicted molar refractivity (Wildman–Crippen MR) is 68.8 cm³/mol. The van der Waals surface area contributed by atoms with Crippen LogP contribution in [0.3, 0.4) is 0 Å². The highest BCUT2D eigenvalue weighted by atomic mass is 16.5. The van der Waals surface area contributed by atoms with Gasteiger partial charge in [-0.05, 0) is 37.0 Å². The average molecular weight is 222 g/mol. The van der Waals surface area contributed by atoms with Crippen LogP contribution >= 0.6 is 0 Å². The molecule has 0 spiro atoms. The summed E-state index contributed by atoms with van der Waals surface area (Å²) in [5, 5.41) is 0. The molecule has 0 aromatic rings. The molecule has 0 unspecified atom stereocenters. The summed E-state index contributed by atoms with van der Waals surface area (Å²) in [7, 11) is 0. The smallest absolute Gasteiger partial charge is 0.114 e. The summed E-state index contributed by atoms with van der Waals surface area (Å²) in [6.07, 6.45) is 7.03. The van der Waals surface area contributed by atoms with Crippen LogP contribution in [-0.4, -0.2) is 6.10 Å². The standard InChI is InChI=1S/C15H26O/c1-11(2)8-9-16-15-7-6-13(5)10-14(15)12(3)4/h11-15H,6-7,10H2,1-5H3/t13-,14-,15+/m0/s1. The minimum atomic E-state index is 0.363. The fourth-order valence-electron chi connectivity index (χ4n) is 2.47. The van der Waals surface area contributed by atoms with E-state index in [-0.39, 0.29) is 0 Å². The highest BCUT2D eigenvalue weighted by Crippen LogP contribution is 2.35. The van der Waals surface area contributed by atoms with Gasteiger partial charge in [-0.15, -0.1) is 0 Å². The quantitative estimate of drug-likeness (QED) is 0.640. The Bertz CT molecular complexity index is 256. The van der Waals surface area contributed by atoms with Gasteiger partial charge in [-0.2, -0.15) is 0 Å². The second-order valence-corrected chi connectivity index (χ2v) is 5.88. The Morgan fingerprint density at radius 2 is 1.81 bits per heavy atom. The van der Waals surface area contributed by atoms with Crippen molar-refractivity contribution < 1.29 is 4.74 Å². The fraction of sp³-hybridized carbons (Fsp3) is 0.867. The Kier molecular flexibility index (Phi) is 5.19. The van der Waals surface area contributed by atoms with Crippen LogP contribution in [0.1, 0.15) is 53.9 Å². The molecule has 3 atom stereocenters. The first kappa shape index (κ1) is 13.4. The summed E-state index contributed by atoms with van der Waals surface area (Å²) in [4.78, 5) is 0. The van der Waals surface area contributed by atoms with E-state index in [4.69, 9.17) is 4.74 Å². The van der Waals surface area contributed by atoms with E-state index in [1.807, 2.05) is 0 Å². The van der Waals surface area contributed by atoms with Crippen molar-refractivity contribution in [2.45, 2.75) is 60.0 Å². The molecule has 1 rings (SSSR count). The van der Waals surface area contributed by atoms with Crippen molar-refractivity contribution in [3.05, 3.63) is 0 Å². The monoisotopic (exact) mass is 222 g/mol. The van der Waals surface area contributed by atoms with Crippen LogP contribution in [-0.2, 0) is 4.74 Å². The van der Waals surface area contributed by atoms with Gasteiger partial charge in [0.25, 0.3) is 0 Å². The average Bonchev–Trinajstić information content (AvgIpc) is 2.19. The lowest BCUT2D eigenvalue weighted by molar-refractivity contribution is 0.0267. The van der Waals surface area contributed by atoms with Gasteiger partial charge in [-0.1, -0.05) is 40.5 Å². The van der Waals surface area contributed by atoms with E-state index in [1.165, 1.54) is 19.3 Å². The maximum absolute atomic E-state index is 5.75. The zero-order valence-corrected chi connectivity index (χ0v) is 11.4. The van der Waals surface area contributed by atoms with E-state index in [2.05, 4.69) is 46.6 Å². The van der Waals surface area contributed by atoms with Gasteiger partial charge < -0.3 is 4.74 Å². The van der Waals surface area contributed by atoms with Crippen molar-refractivity contribution >= 4 is 0 Å². The molecule has 92 valence electrons. The van der Waals surface area contributed by atoms with Gasteiger partial charge in [0.1, 0.15) is 12.2 Å². The molecule has 16 heavy (non-hydrogen) atoms. The van der Waals surface area contributed by atoms with E-state index in [0.717, 1.165) is 5.92 Å². The molecular formula is C15H26O. The summed E-state index contributed by atoms with van der Waals surface area (Å²) in [5.74, 6) is 5.73. The molecule has 1 aliphatic rings. The molecule has 0 radical (unpaired) electrons. The summed E-state index contributed by atoms with van der Waals surface area (Å²) in [6, 6.07) is 0. The van der Waals surface area contributed by atoms with Crippen LogP contribution in [0, 0.1) is 35.7 Å². The second kappa shape index (κ2) is 6.18. The predicted octanol–water partition coefficient (Wildman–Crippen LogP) is 4.08. The minimum Gasteiger partial charge on any atom is -0.443 e. The topological polar surface area (TPSA) is 9.23 Å². The SMILES string of the molecule is CC(C)C#CO[C@@H]1CC[C@H](C)C[C@H]1C(C)C. The van der Waals surface area contributed by atoms with E-state index in [9.17, 15) is 0 Å². The number of hydrogen-bond donors (Lipinski definition) is 0. The Balaban J connectivity index is 2.53. The van der Waals surface area contributed by atoms with Crippen molar-refractivity contribution in [3.63, 3.8) is 0 Å². The number of ether oxygens (including phenoxy) is 1. The Labute approximate surface area is 101 Å².